The second-order valence-corrected chi connectivity index (χ2v) is 11.0. The van der Waals surface area contributed by atoms with Gasteiger partial charge in [-0.25, -0.2) is 9.97 Å². The smallest absolute Gasteiger partial charge is 0.210 e. The number of nitrogens with one attached hydrogen (secondary N) is 2. The van der Waals surface area contributed by atoms with E-state index in [0.717, 1.165) is 44.3 Å². The van der Waals surface area contributed by atoms with Crippen LogP contribution >= 0.6 is 0 Å². The molecule has 8 aliphatic rings. The Balaban J connectivity index is 1.39. The molecule has 8 nitrogen and oxygen atoms in total. The number of nitrogens with zero attached hydrogens (tertiary/aromatic N) is 2. The number of Topliss-reactive ketones (excluding diaryl/α,β-unsaturated/α-hetero) is 3. The SMILES string of the molecule is O=C1C(=O)C2C=CC1c1c2c2cc3nc(cc4[nH]c(cc5nc(cc1[nH]2)C=C5)c1c4C2C=CC1C(=O)C2O)C=C3. The van der Waals surface area contributed by atoms with Crippen molar-refractivity contribution in [2.75, 3.05) is 0 Å². The van der Waals surface area contributed by atoms with Gasteiger partial charge in [-0.15, -0.1) is 0 Å². The molecule has 0 spiro atoms. The number of carbonyl (C=O) groups is 3. The summed E-state index contributed by atoms with van der Waals surface area (Å²) in [6.45, 7) is 0. The lowest BCUT2D eigenvalue weighted by atomic mass is 9.70. The van der Waals surface area contributed by atoms with Crippen molar-refractivity contribution in [3.05, 3.63) is 93.6 Å². The summed E-state index contributed by atoms with van der Waals surface area (Å²) in [6, 6.07) is 7.68. The first-order valence-corrected chi connectivity index (χ1v) is 13.3. The Bertz CT molecular complexity index is 2070. The van der Waals surface area contributed by atoms with Gasteiger partial charge >= 0.3 is 0 Å². The molecule has 11 rings (SSSR count). The summed E-state index contributed by atoms with van der Waals surface area (Å²) in [5.74, 6) is -3.13. The van der Waals surface area contributed by atoms with E-state index in [1.807, 2.05) is 72.9 Å². The zero-order chi connectivity index (χ0) is 26.9. The van der Waals surface area contributed by atoms with Crippen LogP contribution in [0.4, 0.5) is 0 Å². The Hall–Kier alpha value is -4.95. The fourth-order valence-electron chi connectivity index (χ4n) is 7.10. The molecule has 0 aromatic carbocycles. The number of fused-ring (bicyclic) bond motifs is 10. The number of allylic oxidation sites excluding steroid dienone is 3. The van der Waals surface area contributed by atoms with Crippen molar-refractivity contribution in [2.45, 2.75) is 29.8 Å². The van der Waals surface area contributed by atoms with Gasteiger partial charge in [-0.3, -0.25) is 14.4 Å². The van der Waals surface area contributed by atoms with E-state index < -0.39 is 29.8 Å². The van der Waals surface area contributed by atoms with Crippen molar-refractivity contribution in [3.8, 4) is 0 Å². The Morgan fingerprint density at radius 1 is 0.550 bits per heavy atom. The second kappa shape index (κ2) is 7.37. The number of aromatic amines is 2. The summed E-state index contributed by atoms with van der Waals surface area (Å²) in [4.78, 5) is 55.1. The van der Waals surface area contributed by atoms with Gasteiger partial charge in [0.25, 0.3) is 0 Å². The average molecular weight is 525 g/mol. The molecule has 0 saturated carbocycles. The number of aliphatic hydroxyl groups is 1. The van der Waals surface area contributed by atoms with Crippen LogP contribution in [0, 0.1) is 0 Å². The molecule has 0 radical (unpaired) electrons. The molecule has 0 fully saturated rings. The van der Waals surface area contributed by atoms with Gasteiger partial charge in [-0.2, -0.15) is 0 Å². The van der Waals surface area contributed by atoms with E-state index >= 15 is 0 Å². The molecule has 6 aliphatic carbocycles. The molecule has 5 unspecified atom stereocenters. The maximum Gasteiger partial charge on any atom is 0.210 e. The first kappa shape index (κ1) is 21.9. The quantitative estimate of drug-likeness (QED) is 0.206. The van der Waals surface area contributed by atoms with Crippen molar-refractivity contribution < 1.29 is 19.5 Å². The lowest BCUT2D eigenvalue weighted by Crippen LogP contribution is -2.39. The Morgan fingerprint density at radius 2 is 0.950 bits per heavy atom. The van der Waals surface area contributed by atoms with E-state index in [-0.39, 0.29) is 17.3 Å². The summed E-state index contributed by atoms with van der Waals surface area (Å²) in [6.07, 6.45) is 14.0. The van der Waals surface area contributed by atoms with Gasteiger partial charge in [0, 0.05) is 28.0 Å². The maximum atomic E-state index is 12.9. The molecule has 40 heavy (non-hydrogen) atoms. The number of carbonyl (C=O) groups excluding carboxylic acids is 3. The van der Waals surface area contributed by atoms with E-state index in [1.54, 1.807) is 0 Å². The van der Waals surface area contributed by atoms with Gasteiger partial charge < -0.3 is 15.1 Å². The molecule has 5 heterocycles. The molecule has 0 amide bonds. The number of ketones is 3. The monoisotopic (exact) mass is 524 g/mol. The predicted molar refractivity (Wildman–Crippen MR) is 149 cm³/mol. The van der Waals surface area contributed by atoms with Crippen molar-refractivity contribution >= 4 is 63.7 Å². The van der Waals surface area contributed by atoms with Crippen LogP contribution in [0.1, 0.15) is 68.7 Å². The summed E-state index contributed by atoms with van der Waals surface area (Å²) in [5, 5.41) is 10.7. The molecule has 3 N–H and O–H groups in total. The van der Waals surface area contributed by atoms with E-state index in [9.17, 15) is 19.5 Å². The summed E-state index contributed by atoms with van der Waals surface area (Å²) < 4.78 is 0. The highest BCUT2D eigenvalue weighted by molar-refractivity contribution is 6.44. The minimum Gasteiger partial charge on any atom is -0.384 e. The fraction of sp³-hybridized carbons (Fsp3) is 0.156. The van der Waals surface area contributed by atoms with Crippen LogP contribution in [0.25, 0.3) is 46.4 Å². The largest absolute Gasteiger partial charge is 0.384 e. The second-order valence-electron chi connectivity index (χ2n) is 11.0. The van der Waals surface area contributed by atoms with Crippen LogP contribution in [-0.4, -0.2) is 48.5 Å². The summed E-state index contributed by atoms with van der Waals surface area (Å²) in [7, 11) is 0. The number of rotatable bonds is 0. The Kier molecular flexibility index (Phi) is 4.04. The third-order valence-corrected chi connectivity index (χ3v) is 8.83. The number of H-pyrrole nitrogens is 2. The highest BCUT2D eigenvalue weighted by atomic mass is 16.3. The van der Waals surface area contributed by atoms with Crippen molar-refractivity contribution in [2.24, 2.45) is 0 Å². The molecule has 12 bridgehead atoms. The minimum atomic E-state index is -1.07. The van der Waals surface area contributed by atoms with Crippen LogP contribution < -0.4 is 0 Å². The first-order valence-electron chi connectivity index (χ1n) is 13.3. The zero-order valence-electron chi connectivity index (χ0n) is 20.9. The molecule has 8 heteroatoms. The third kappa shape index (κ3) is 2.75. The number of aromatic nitrogens is 4. The predicted octanol–water partition coefficient (Wildman–Crippen LogP) is 4.23. The summed E-state index contributed by atoms with van der Waals surface area (Å²) >= 11 is 0. The van der Waals surface area contributed by atoms with Crippen molar-refractivity contribution in [3.63, 3.8) is 0 Å². The van der Waals surface area contributed by atoms with Gasteiger partial charge in [-0.05, 0) is 70.8 Å². The first-order chi connectivity index (χ1) is 19.4. The average Bonchev–Trinajstić information content (AvgIpc) is 3.73. The molecular weight excluding hydrogens is 504 g/mol. The molecule has 3 aromatic heterocycles. The maximum absolute atomic E-state index is 12.9. The Morgan fingerprint density at radius 3 is 1.43 bits per heavy atom. The number of hydrogen-bond acceptors (Lipinski definition) is 6. The van der Waals surface area contributed by atoms with Gasteiger partial charge in [0.1, 0.15) is 6.10 Å². The van der Waals surface area contributed by atoms with Gasteiger partial charge in [0.15, 0.2) is 5.78 Å². The van der Waals surface area contributed by atoms with Crippen LogP contribution in [0.15, 0.2) is 48.6 Å². The van der Waals surface area contributed by atoms with Gasteiger partial charge in [0.05, 0.1) is 40.5 Å². The van der Waals surface area contributed by atoms with Crippen molar-refractivity contribution in [1.82, 2.24) is 19.9 Å². The Labute approximate surface area is 226 Å². The van der Waals surface area contributed by atoms with E-state index in [1.165, 1.54) is 0 Å². The standard InChI is InChI=1S/C32H20N4O4/c37-29-17-5-6-19(31(29)39)27-23-11-15-3-4-16(34-15)12-24-28-20-8-7-18(30(38)32(20)40)26(28)22(36-24)10-14-2-1-13(33-14)9-21(35-23)25(17)27/h1-12,17-20,29,35-37H. The highest BCUT2D eigenvalue weighted by Crippen LogP contribution is 2.48. The van der Waals surface area contributed by atoms with E-state index in [0.29, 0.717) is 22.8 Å². The zero-order valence-corrected chi connectivity index (χ0v) is 20.9. The molecule has 3 aromatic rings. The van der Waals surface area contributed by atoms with E-state index in [4.69, 9.17) is 9.97 Å². The minimum absolute atomic E-state index is 0.192. The van der Waals surface area contributed by atoms with Crippen LogP contribution in [-0.2, 0) is 14.4 Å². The third-order valence-electron chi connectivity index (χ3n) is 8.83. The van der Waals surface area contributed by atoms with Crippen LogP contribution in [0.3, 0.4) is 0 Å². The lowest BCUT2D eigenvalue weighted by molar-refractivity contribution is -0.138. The van der Waals surface area contributed by atoms with Gasteiger partial charge in [0.2, 0.25) is 11.6 Å². The lowest BCUT2D eigenvalue weighted by Gasteiger charge is -2.34. The number of aliphatic hydroxyl groups excluding tert-OH is 1. The summed E-state index contributed by atoms with van der Waals surface area (Å²) in [5.41, 5.74) is 9.34. The normalized spacial score (nSPS) is 26.6. The van der Waals surface area contributed by atoms with Gasteiger partial charge in [-0.1, -0.05) is 24.3 Å². The molecule has 5 atom stereocenters. The fourth-order valence-corrected chi connectivity index (χ4v) is 7.10. The molecule has 2 aliphatic heterocycles. The topological polar surface area (TPSA) is 129 Å². The van der Waals surface area contributed by atoms with E-state index in [2.05, 4.69) is 9.97 Å². The highest BCUT2D eigenvalue weighted by Gasteiger charge is 2.45. The number of hydrogen-bond donors (Lipinski definition) is 3. The molecule has 192 valence electrons. The van der Waals surface area contributed by atoms with Crippen LogP contribution in [0.5, 0.6) is 0 Å². The molecular formula is C32H20N4O4. The van der Waals surface area contributed by atoms with Crippen LogP contribution in [0.2, 0.25) is 0 Å². The van der Waals surface area contributed by atoms with Crippen molar-refractivity contribution in [1.29, 1.82) is 0 Å². The molecule has 0 saturated heterocycles.